The molecule has 0 aromatic heterocycles. The molecule has 0 unspecified atom stereocenters. The normalized spacial score (nSPS) is 16.9. The third-order valence-corrected chi connectivity index (χ3v) is 2.87. The number of aryl methyl sites for hydroxylation is 1. The van der Waals surface area contributed by atoms with Crippen molar-refractivity contribution in [2.24, 2.45) is 0 Å². The fraction of sp³-hybridized carbons (Fsp3) is 0.462. The second-order valence-electron chi connectivity index (χ2n) is 4.13. The van der Waals surface area contributed by atoms with Crippen LogP contribution in [0.1, 0.15) is 22.3 Å². The summed E-state index contributed by atoms with van der Waals surface area (Å²) in [5.41, 5.74) is 2.94. The van der Waals surface area contributed by atoms with Gasteiger partial charge in [0.25, 0.3) is 0 Å². The largest absolute Gasteiger partial charge is 0.380 e. The van der Waals surface area contributed by atoms with Crippen molar-refractivity contribution in [3.63, 3.8) is 0 Å². The topological polar surface area (TPSA) is 29.5 Å². The number of carbonyl (C=O) groups excluding carboxylic acids is 1. The Morgan fingerprint density at radius 2 is 2.19 bits per heavy atom. The molecule has 3 nitrogen and oxygen atoms in total. The molecule has 0 atom stereocenters. The number of anilines is 1. The number of carbonyl (C=O) groups is 1. The van der Waals surface area contributed by atoms with Crippen LogP contribution in [0, 0.1) is 6.92 Å². The van der Waals surface area contributed by atoms with E-state index in [9.17, 15) is 4.79 Å². The Morgan fingerprint density at radius 3 is 3.00 bits per heavy atom. The van der Waals surface area contributed by atoms with Crippen molar-refractivity contribution in [3.05, 3.63) is 29.3 Å². The van der Waals surface area contributed by atoms with E-state index in [0.717, 1.165) is 55.8 Å². The van der Waals surface area contributed by atoms with E-state index in [1.165, 1.54) is 0 Å². The molecular formula is C13H17NO2. The highest BCUT2D eigenvalue weighted by molar-refractivity contribution is 5.85. The molecule has 1 saturated heterocycles. The standard InChI is InChI=1S/C13H17NO2/c1-11-3-4-13(12(9-11)10-15)14-5-2-7-16-8-6-14/h3-4,9-10H,2,5-8H2,1H3. The zero-order chi connectivity index (χ0) is 11.4. The minimum absolute atomic E-state index is 0.742. The number of nitrogens with zero attached hydrogens (tertiary/aromatic N) is 1. The van der Waals surface area contributed by atoms with Gasteiger partial charge in [-0.3, -0.25) is 4.79 Å². The van der Waals surface area contributed by atoms with Gasteiger partial charge in [-0.15, -0.1) is 0 Å². The molecule has 3 heteroatoms. The van der Waals surface area contributed by atoms with Gasteiger partial charge in [0, 0.05) is 30.9 Å². The maximum atomic E-state index is 11.1. The van der Waals surface area contributed by atoms with Gasteiger partial charge in [-0.25, -0.2) is 0 Å². The molecule has 0 spiro atoms. The van der Waals surface area contributed by atoms with Gasteiger partial charge in [0.1, 0.15) is 0 Å². The number of hydrogen-bond acceptors (Lipinski definition) is 3. The average Bonchev–Trinajstić information content (AvgIpc) is 2.57. The lowest BCUT2D eigenvalue weighted by molar-refractivity contribution is 0.112. The van der Waals surface area contributed by atoms with Gasteiger partial charge in [-0.1, -0.05) is 11.6 Å². The van der Waals surface area contributed by atoms with E-state index in [1.807, 2.05) is 25.1 Å². The summed E-state index contributed by atoms with van der Waals surface area (Å²) in [7, 11) is 0. The van der Waals surface area contributed by atoms with Crippen LogP contribution in [0.25, 0.3) is 0 Å². The molecule has 0 amide bonds. The highest BCUT2D eigenvalue weighted by atomic mass is 16.5. The molecule has 0 radical (unpaired) electrons. The zero-order valence-electron chi connectivity index (χ0n) is 9.61. The molecule has 2 rings (SSSR count). The predicted octanol–water partition coefficient (Wildman–Crippen LogP) is 2.03. The first-order valence-electron chi connectivity index (χ1n) is 5.70. The fourth-order valence-electron chi connectivity index (χ4n) is 2.04. The smallest absolute Gasteiger partial charge is 0.152 e. The Balaban J connectivity index is 2.26. The Morgan fingerprint density at radius 1 is 1.31 bits per heavy atom. The van der Waals surface area contributed by atoms with Crippen molar-refractivity contribution < 1.29 is 9.53 Å². The van der Waals surface area contributed by atoms with Gasteiger partial charge in [-0.2, -0.15) is 0 Å². The molecule has 16 heavy (non-hydrogen) atoms. The molecule has 1 aliphatic heterocycles. The Labute approximate surface area is 96.0 Å². The summed E-state index contributed by atoms with van der Waals surface area (Å²) in [4.78, 5) is 13.3. The van der Waals surface area contributed by atoms with Crippen LogP contribution in [-0.2, 0) is 4.74 Å². The Hall–Kier alpha value is -1.35. The van der Waals surface area contributed by atoms with Gasteiger partial charge < -0.3 is 9.64 Å². The number of rotatable bonds is 2. The summed E-state index contributed by atoms with van der Waals surface area (Å²) in [5.74, 6) is 0. The first kappa shape index (κ1) is 11.1. The van der Waals surface area contributed by atoms with Gasteiger partial charge in [0.2, 0.25) is 0 Å². The maximum absolute atomic E-state index is 11.1. The summed E-state index contributed by atoms with van der Waals surface area (Å²) in [6.45, 7) is 5.39. The van der Waals surface area contributed by atoms with Crippen molar-refractivity contribution in [3.8, 4) is 0 Å². The van der Waals surface area contributed by atoms with E-state index in [4.69, 9.17) is 4.74 Å². The molecule has 1 aliphatic rings. The minimum Gasteiger partial charge on any atom is -0.380 e. The summed E-state index contributed by atoms with van der Waals surface area (Å²) < 4.78 is 5.41. The van der Waals surface area contributed by atoms with Crippen LogP contribution in [0.3, 0.4) is 0 Å². The highest BCUT2D eigenvalue weighted by Gasteiger charge is 2.13. The second-order valence-corrected chi connectivity index (χ2v) is 4.13. The van der Waals surface area contributed by atoms with E-state index in [0.29, 0.717) is 0 Å². The van der Waals surface area contributed by atoms with Crippen LogP contribution >= 0.6 is 0 Å². The van der Waals surface area contributed by atoms with Crippen molar-refractivity contribution in [2.75, 3.05) is 31.2 Å². The SMILES string of the molecule is Cc1ccc(N2CCCOCC2)c(C=O)c1. The second kappa shape index (κ2) is 5.12. The maximum Gasteiger partial charge on any atom is 0.152 e. The first-order chi connectivity index (χ1) is 7.81. The lowest BCUT2D eigenvalue weighted by Gasteiger charge is -2.23. The number of benzene rings is 1. The molecule has 1 aromatic rings. The fourth-order valence-corrected chi connectivity index (χ4v) is 2.04. The summed E-state index contributed by atoms with van der Waals surface area (Å²) in [5, 5.41) is 0. The van der Waals surface area contributed by atoms with Crippen molar-refractivity contribution in [2.45, 2.75) is 13.3 Å². The van der Waals surface area contributed by atoms with Gasteiger partial charge >= 0.3 is 0 Å². The zero-order valence-corrected chi connectivity index (χ0v) is 9.61. The number of aldehydes is 1. The lowest BCUT2D eigenvalue weighted by atomic mass is 10.1. The first-order valence-corrected chi connectivity index (χ1v) is 5.70. The van der Waals surface area contributed by atoms with Crippen molar-refractivity contribution >= 4 is 12.0 Å². The van der Waals surface area contributed by atoms with Crippen LogP contribution in [0.4, 0.5) is 5.69 Å². The van der Waals surface area contributed by atoms with Gasteiger partial charge in [-0.05, 0) is 25.5 Å². The summed E-state index contributed by atoms with van der Waals surface area (Å²) in [6, 6.07) is 6.02. The molecule has 0 N–H and O–H groups in total. The molecule has 86 valence electrons. The summed E-state index contributed by atoms with van der Waals surface area (Å²) >= 11 is 0. The highest BCUT2D eigenvalue weighted by Crippen LogP contribution is 2.21. The quantitative estimate of drug-likeness (QED) is 0.713. The van der Waals surface area contributed by atoms with E-state index < -0.39 is 0 Å². The van der Waals surface area contributed by atoms with Crippen LogP contribution in [0.15, 0.2) is 18.2 Å². The molecular weight excluding hydrogens is 202 g/mol. The Bertz CT molecular complexity index is 368. The number of hydrogen-bond donors (Lipinski definition) is 0. The molecule has 1 heterocycles. The van der Waals surface area contributed by atoms with E-state index >= 15 is 0 Å². The van der Waals surface area contributed by atoms with Gasteiger partial charge in [0.05, 0.1) is 6.61 Å². The Kier molecular flexibility index (Phi) is 3.57. The van der Waals surface area contributed by atoms with Crippen molar-refractivity contribution in [1.82, 2.24) is 0 Å². The third kappa shape index (κ3) is 2.42. The van der Waals surface area contributed by atoms with Crippen LogP contribution in [-0.4, -0.2) is 32.6 Å². The van der Waals surface area contributed by atoms with E-state index in [-0.39, 0.29) is 0 Å². The van der Waals surface area contributed by atoms with Crippen LogP contribution in [0.2, 0.25) is 0 Å². The van der Waals surface area contributed by atoms with Crippen molar-refractivity contribution in [1.29, 1.82) is 0 Å². The molecule has 0 saturated carbocycles. The van der Waals surface area contributed by atoms with E-state index in [2.05, 4.69) is 4.90 Å². The average molecular weight is 219 g/mol. The number of ether oxygens (including phenoxy) is 1. The third-order valence-electron chi connectivity index (χ3n) is 2.87. The molecule has 1 fully saturated rings. The predicted molar refractivity (Wildman–Crippen MR) is 64.2 cm³/mol. The monoisotopic (exact) mass is 219 g/mol. The van der Waals surface area contributed by atoms with Crippen LogP contribution < -0.4 is 4.90 Å². The lowest BCUT2D eigenvalue weighted by Crippen LogP contribution is -2.26. The minimum atomic E-state index is 0.742. The van der Waals surface area contributed by atoms with Crippen LogP contribution in [0.5, 0.6) is 0 Å². The van der Waals surface area contributed by atoms with Gasteiger partial charge in [0.15, 0.2) is 6.29 Å². The van der Waals surface area contributed by atoms with E-state index in [1.54, 1.807) is 0 Å². The molecule has 0 bridgehead atoms. The molecule has 0 aliphatic carbocycles. The summed E-state index contributed by atoms with van der Waals surface area (Å²) in [6.07, 6.45) is 1.96. The molecule has 1 aromatic carbocycles.